The maximum atomic E-state index is 12.8. The number of benzene rings is 1. The van der Waals surface area contributed by atoms with Crippen molar-refractivity contribution in [2.45, 2.75) is 6.92 Å². The molecular weight excluding hydrogens is 263 g/mol. The third-order valence-corrected chi connectivity index (χ3v) is 3.94. The average molecular weight is 274 g/mol. The second-order valence-corrected chi connectivity index (χ2v) is 5.17. The number of rotatable bonds is 1. The fourth-order valence-electron chi connectivity index (χ4n) is 1.99. The van der Waals surface area contributed by atoms with Crippen LogP contribution in [0, 0.1) is 12.7 Å². The van der Waals surface area contributed by atoms with Crippen molar-refractivity contribution in [3.63, 3.8) is 0 Å². The Hall–Kier alpha value is -2.14. The summed E-state index contributed by atoms with van der Waals surface area (Å²) in [6.45, 7) is 1.97. The number of hydrogen-bond acceptors (Lipinski definition) is 2. The molecule has 0 aliphatic heterocycles. The van der Waals surface area contributed by atoms with E-state index in [4.69, 9.17) is 0 Å². The van der Waals surface area contributed by atoms with Crippen LogP contribution in [0.1, 0.15) is 5.56 Å². The minimum atomic E-state index is -0.324. The summed E-state index contributed by atoms with van der Waals surface area (Å²) in [5.74, 6) is -0.324. The molecule has 19 heavy (non-hydrogen) atoms. The molecule has 2 heterocycles. The lowest BCUT2D eigenvalue weighted by atomic mass is 10.3. The number of aromatic nitrogens is 1. The average Bonchev–Trinajstić information content (AvgIpc) is 2.97. The van der Waals surface area contributed by atoms with Gasteiger partial charge in [0.1, 0.15) is 5.82 Å². The molecule has 0 radical (unpaired) electrons. The molecule has 0 saturated heterocycles. The van der Waals surface area contributed by atoms with Gasteiger partial charge in [0.2, 0.25) is 0 Å². The lowest BCUT2D eigenvalue weighted by Crippen LogP contribution is -2.18. The van der Waals surface area contributed by atoms with Crippen molar-refractivity contribution in [3.8, 4) is 0 Å². The number of halogens is 1. The lowest BCUT2D eigenvalue weighted by molar-refractivity contribution is 0.254. The first-order chi connectivity index (χ1) is 9.15. The predicted octanol–water partition coefficient (Wildman–Crippen LogP) is 4.23. The summed E-state index contributed by atoms with van der Waals surface area (Å²) in [7, 11) is 0. The number of nitrogens with one attached hydrogen (secondary N) is 1. The van der Waals surface area contributed by atoms with E-state index in [1.165, 1.54) is 24.3 Å². The van der Waals surface area contributed by atoms with E-state index in [0.717, 1.165) is 15.8 Å². The van der Waals surface area contributed by atoms with E-state index < -0.39 is 0 Å². The zero-order chi connectivity index (χ0) is 13.4. The number of carbonyl (C=O) groups is 1. The van der Waals surface area contributed by atoms with E-state index in [0.29, 0.717) is 5.69 Å². The number of hydrogen-bond donors (Lipinski definition) is 1. The maximum Gasteiger partial charge on any atom is 0.330 e. The molecule has 3 nitrogen and oxygen atoms in total. The highest BCUT2D eigenvalue weighted by molar-refractivity contribution is 7.17. The highest BCUT2D eigenvalue weighted by atomic mass is 32.1. The summed E-state index contributed by atoms with van der Waals surface area (Å²) >= 11 is 1.61. The second kappa shape index (κ2) is 4.51. The molecular formula is C14H11FN2OS. The van der Waals surface area contributed by atoms with Gasteiger partial charge in [-0.2, -0.15) is 0 Å². The Kier molecular flexibility index (Phi) is 2.83. The molecule has 5 heteroatoms. The number of carbonyl (C=O) groups excluding carboxylic acids is 1. The highest BCUT2D eigenvalue weighted by Crippen LogP contribution is 2.26. The molecule has 1 amide bonds. The Bertz CT molecular complexity index is 742. The molecule has 96 valence electrons. The van der Waals surface area contributed by atoms with Crippen molar-refractivity contribution in [1.82, 2.24) is 4.57 Å². The summed E-state index contributed by atoms with van der Waals surface area (Å²) in [6, 6.07) is 7.37. The van der Waals surface area contributed by atoms with Gasteiger partial charge < -0.3 is 5.32 Å². The molecule has 1 N–H and O–H groups in total. The zero-order valence-electron chi connectivity index (χ0n) is 10.2. The molecule has 3 rings (SSSR count). The molecule has 0 unspecified atom stereocenters. The molecule has 3 aromatic rings. The SMILES string of the molecule is Cc1cn(C(=O)Nc2ccc(F)cc2)c2ccsc12. The van der Waals surface area contributed by atoms with E-state index >= 15 is 0 Å². The highest BCUT2D eigenvalue weighted by Gasteiger charge is 2.12. The van der Waals surface area contributed by atoms with Crippen LogP contribution in [0.2, 0.25) is 0 Å². The van der Waals surface area contributed by atoms with Gasteiger partial charge in [0.15, 0.2) is 0 Å². The van der Waals surface area contributed by atoms with Gasteiger partial charge >= 0.3 is 6.03 Å². The minimum Gasteiger partial charge on any atom is -0.307 e. The molecule has 2 aromatic heterocycles. The smallest absolute Gasteiger partial charge is 0.307 e. The van der Waals surface area contributed by atoms with Crippen molar-refractivity contribution in [3.05, 3.63) is 53.3 Å². The van der Waals surface area contributed by atoms with Crippen molar-refractivity contribution in [2.75, 3.05) is 5.32 Å². The quantitative estimate of drug-likeness (QED) is 0.708. The van der Waals surface area contributed by atoms with Gasteiger partial charge in [0.25, 0.3) is 0 Å². The predicted molar refractivity (Wildman–Crippen MR) is 75.4 cm³/mol. The molecule has 0 fully saturated rings. The van der Waals surface area contributed by atoms with Crippen molar-refractivity contribution >= 4 is 33.3 Å². The fourth-order valence-corrected chi connectivity index (χ4v) is 2.85. The standard InChI is InChI=1S/C14H11FN2OS/c1-9-8-17(12-6-7-19-13(9)12)14(18)16-11-4-2-10(15)3-5-11/h2-8H,1H3,(H,16,18). The van der Waals surface area contributed by atoms with Crippen molar-refractivity contribution in [1.29, 1.82) is 0 Å². The van der Waals surface area contributed by atoms with Crippen LogP contribution < -0.4 is 5.32 Å². The van der Waals surface area contributed by atoms with Crippen LogP contribution in [0.15, 0.2) is 41.9 Å². The van der Waals surface area contributed by atoms with Crippen LogP contribution >= 0.6 is 11.3 Å². The van der Waals surface area contributed by atoms with Crippen LogP contribution in [0.5, 0.6) is 0 Å². The molecule has 0 aliphatic rings. The van der Waals surface area contributed by atoms with Gasteiger partial charge in [-0.15, -0.1) is 11.3 Å². The van der Waals surface area contributed by atoms with Crippen molar-refractivity contribution in [2.24, 2.45) is 0 Å². The van der Waals surface area contributed by atoms with Crippen LogP contribution in [0.25, 0.3) is 10.2 Å². The monoisotopic (exact) mass is 274 g/mol. The first-order valence-corrected chi connectivity index (χ1v) is 6.65. The van der Waals surface area contributed by atoms with E-state index in [-0.39, 0.29) is 11.8 Å². The Labute approximate surface area is 113 Å². The largest absolute Gasteiger partial charge is 0.330 e. The molecule has 1 aromatic carbocycles. The summed E-state index contributed by atoms with van der Waals surface area (Å²) in [5, 5.41) is 4.70. The zero-order valence-corrected chi connectivity index (χ0v) is 11.0. The van der Waals surface area contributed by atoms with E-state index in [1.54, 1.807) is 22.1 Å². The van der Waals surface area contributed by atoms with Gasteiger partial charge in [-0.05, 0) is 48.2 Å². The third kappa shape index (κ3) is 2.13. The fraction of sp³-hybridized carbons (Fsp3) is 0.0714. The number of anilines is 1. The first kappa shape index (κ1) is 11.9. The number of aryl methyl sites for hydroxylation is 1. The molecule has 0 aliphatic carbocycles. The summed E-state index contributed by atoms with van der Waals surface area (Å²) in [6.07, 6.45) is 1.81. The normalized spacial score (nSPS) is 10.8. The molecule has 0 atom stereocenters. The van der Waals surface area contributed by atoms with Crippen LogP contribution in [0.3, 0.4) is 0 Å². The minimum absolute atomic E-state index is 0.247. The number of amides is 1. The van der Waals surface area contributed by atoms with Crippen LogP contribution in [0.4, 0.5) is 14.9 Å². The van der Waals surface area contributed by atoms with Gasteiger partial charge in [0.05, 0.1) is 10.2 Å². The first-order valence-electron chi connectivity index (χ1n) is 5.77. The van der Waals surface area contributed by atoms with Crippen LogP contribution in [-0.4, -0.2) is 10.6 Å². The summed E-state index contributed by atoms with van der Waals surface area (Å²) < 4.78 is 15.5. The van der Waals surface area contributed by atoms with E-state index in [2.05, 4.69) is 5.32 Å². The van der Waals surface area contributed by atoms with Gasteiger partial charge in [0, 0.05) is 11.9 Å². The Balaban J connectivity index is 1.91. The lowest BCUT2D eigenvalue weighted by Gasteiger charge is -2.06. The Morgan fingerprint density at radius 1 is 1.26 bits per heavy atom. The number of thiophene rings is 1. The van der Waals surface area contributed by atoms with Crippen molar-refractivity contribution < 1.29 is 9.18 Å². The Morgan fingerprint density at radius 2 is 2.00 bits per heavy atom. The molecule has 0 spiro atoms. The van der Waals surface area contributed by atoms with Gasteiger partial charge in [-0.1, -0.05) is 0 Å². The second-order valence-electron chi connectivity index (χ2n) is 4.25. The van der Waals surface area contributed by atoms with Gasteiger partial charge in [-0.25, -0.2) is 9.18 Å². The maximum absolute atomic E-state index is 12.8. The summed E-state index contributed by atoms with van der Waals surface area (Å²) in [5.41, 5.74) is 2.53. The Morgan fingerprint density at radius 3 is 2.74 bits per heavy atom. The van der Waals surface area contributed by atoms with E-state index in [9.17, 15) is 9.18 Å². The van der Waals surface area contributed by atoms with Crippen LogP contribution in [-0.2, 0) is 0 Å². The summed E-state index contributed by atoms with van der Waals surface area (Å²) in [4.78, 5) is 12.2. The number of fused-ring (bicyclic) bond motifs is 1. The number of nitrogens with zero attached hydrogens (tertiary/aromatic N) is 1. The van der Waals surface area contributed by atoms with Gasteiger partial charge in [-0.3, -0.25) is 4.57 Å². The topological polar surface area (TPSA) is 34.0 Å². The molecule has 0 bridgehead atoms. The third-order valence-electron chi connectivity index (χ3n) is 2.90. The molecule has 0 saturated carbocycles. The van der Waals surface area contributed by atoms with E-state index in [1.807, 2.05) is 18.4 Å².